The number of piperazine rings is 1. The number of thioether (sulfide) groups is 1. The lowest BCUT2D eigenvalue weighted by atomic mass is 10.0. The molecular weight excluding hydrogens is 547 g/mol. The van der Waals surface area contributed by atoms with Gasteiger partial charge in [-0.2, -0.15) is 0 Å². The molecule has 9 heteroatoms. The summed E-state index contributed by atoms with van der Waals surface area (Å²) in [5, 5.41) is 0.510. The van der Waals surface area contributed by atoms with Gasteiger partial charge in [-0.15, -0.1) is 0 Å². The highest BCUT2D eigenvalue weighted by molar-refractivity contribution is 8.01. The van der Waals surface area contributed by atoms with E-state index in [-0.39, 0.29) is 23.7 Å². The molecule has 3 heterocycles. The Labute approximate surface area is 243 Å². The Morgan fingerprint density at radius 2 is 1.93 bits per heavy atom. The van der Waals surface area contributed by atoms with Crippen LogP contribution in [0.15, 0.2) is 76.8 Å². The fraction of sp³-hybridized carbons (Fsp3) is 0.290. The van der Waals surface area contributed by atoms with E-state index in [2.05, 4.69) is 40.0 Å². The number of ether oxygens (including phenoxy) is 1. The summed E-state index contributed by atoms with van der Waals surface area (Å²) >= 11 is 8.37. The smallest absolute Gasteiger partial charge is 0.222 e. The lowest BCUT2D eigenvalue weighted by Crippen LogP contribution is -2.47. The van der Waals surface area contributed by atoms with E-state index >= 15 is 0 Å². The minimum Gasteiger partial charge on any atom is -0.487 e. The molecule has 0 aromatic heterocycles. The predicted molar refractivity (Wildman–Crippen MR) is 160 cm³/mol. The van der Waals surface area contributed by atoms with Crippen LogP contribution in [0.4, 0.5) is 10.1 Å². The lowest BCUT2D eigenvalue weighted by molar-refractivity contribution is -0.132. The standard InChI is InChI=1S/C31H30ClFN4O2S/c1-35-11-13-36(14-12-35)30(38)10-6-21-5-8-25-26-18-34-20-37(31(26)40-29(25)16-21)24-7-9-28(27(32)17-24)39-19-22-3-2-4-23(33)15-22/h2-5,7-9,15-18,20,31H,6,10-14,19H2,1H3. The first kappa shape index (κ1) is 26.9. The van der Waals surface area contributed by atoms with Crippen LogP contribution in [0, 0.1) is 5.82 Å². The SMILES string of the molecule is CN1CCN(C(=O)CCc2ccc3c(c2)SC2C3=CN=CN2c2ccc(OCc3cccc(F)c3)c(Cl)c2)CC1. The molecule has 1 atom stereocenters. The minimum absolute atomic E-state index is 0.0323. The average Bonchev–Trinajstić information content (AvgIpc) is 3.34. The molecule has 0 N–H and O–H groups in total. The van der Waals surface area contributed by atoms with Crippen molar-refractivity contribution in [1.29, 1.82) is 0 Å². The van der Waals surface area contributed by atoms with E-state index in [0.29, 0.717) is 17.2 Å². The van der Waals surface area contributed by atoms with E-state index in [1.807, 2.05) is 41.7 Å². The molecule has 3 aromatic carbocycles. The highest BCUT2D eigenvalue weighted by Crippen LogP contribution is 2.49. The fourth-order valence-electron chi connectivity index (χ4n) is 5.18. The predicted octanol–water partition coefficient (Wildman–Crippen LogP) is 6.09. The van der Waals surface area contributed by atoms with E-state index in [9.17, 15) is 9.18 Å². The molecule has 6 rings (SSSR count). The van der Waals surface area contributed by atoms with Crippen LogP contribution in [0.25, 0.3) is 5.57 Å². The topological polar surface area (TPSA) is 48.4 Å². The van der Waals surface area contributed by atoms with Gasteiger partial charge in [-0.25, -0.2) is 9.38 Å². The van der Waals surface area contributed by atoms with Crippen molar-refractivity contribution in [3.8, 4) is 5.75 Å². The summed E-state index contributed by atoms with van der Waals surface area (Å²) < 4.78 is 19.3. The fourth-order valence-corrected chi connectivity index (χ4v) is 6.79. The van der Waals surface area contributed by atoms with E-state index < -0.39 is 0 Å². The second kappa shape index (κ2) is 11.6. The zero-order valence-electron chi connectivity index (χ0n) is 22.2. The van der Waals surface area contributed by atoms with Crippen LogP contribution in [0.2, 0.25) is 5.02 Å². The molecule has 206 valence electrons. The molecule has 3 aliphatic heterocycles. The number of fused-ring (bicyclic) bond motifs is 3. The molecule has 1 saturated heterocycles. The number of likely N-dealkylation sites (N-methyl/N-ethyl adjacent to an activating group) is 1. The van der Waals surface area contributed by atoms with Crippen molar-refractivity contribution in [2.24, 2.45) is 4.99 Å². The first-order chi connectivity index (χ1) is 19.4. The van der Waals surface area contributed by atoms with E-state index in [1.54, 1.807) is 17.8 Å². The Morgan fingerprint density at radius 3 is 2.73 bits per heavy atom. The quantitative estimate of drug-likeness (QED) is 0.341. The molecule has 1 amide bonds. The number of carbonyl (C=O) groups excluding carboxylic acids is 1. The van der Waals surface area contributed by atoms with Gasteiger partial charge in [-0.05, 0) is 66.6 Å². The summed E-state index contributed by atoms with van der Waals surface area (Å²) in [6.45, 7) is 3.72. The third-order valence-electron chi connectivity index (χ3n) is 7.50. The van der Waals surface area contributed by atoms with Gasteiger partial charge in [0.15, 0.2) is 0 Å². The second-order valence-corrected chi connectivity index (χ2v) is 11.8. The van der Waals surface area contributed by atoms with Crippen molar-refractivity contribution in [2.75, 3.05) is 38.1 Å². The van der Waals surface area contributed by atoms with E-state index in [4.69, 9.17) is 16.3 Å². The third kappa shape index (κ3) is 5.75. The van der Waals surface area contributed by atoms with Gasteiger partial charge in [-0.1, -0.05) is 47.6 Å². The number of benzene rings is 3. The number of aliphatic imine (C=N–C) groups is 1. The summed E-state index contributed by atoms with van der Waals surface area (Å²) in [6, 6.07) is 18.5. The van der Waals surface area contributed by atoms with Crippen molar-refractivity contribution in [2.45, 2.75) is 29.7 Å². The normalized spacial score (nSPS) is 18.4. The van der Waals surface area contributed by atoms with Gasteiger partial charge < -0.3 is 19.4 Å². The first-order valence-corrected chi connectivity index (χ1v) is 14.6. The molecule has 0 spiro atoms. The highest BCUT2D eigenvalue weighted by atomic mass is 35.5. The summed E-state index contributed by atoms with van der Waals surface area (Å²) in [5.41, 5.74) is 5.13. The molecule has 3 aromatic rings. The Bertz CT molecular complexity index is 1490. The Morgan fingerprint density at radius 1 is 1.07 bits per heavy atom. The summed E-state index contributed by atoms with van der Waals surface area (Å²) in [6.07, 6.45) is 5.01. The van der Waals surface area contributed by atoms with Crippen LogP contribution in [0.5, 0.6) is 5.75 Å². The summed E-state index contributed by atoms with van der Waals surface area (Å²) in [7, 11) is 2.10. The molecule has 0 saturated carbocycles. The Balaban J connectivity index is 1.11. The average molecular weight is 577 g/mol. The third-order valence-corrected chi connectivity index (χ3v) is 9.09. The van der Waals surface area contributed by atoms with Gasteiger partial charge >= 0.3 is 0 Å². The Hall–Kier alpha value is -3.33. The van der Waals surface area contributed by atoms with Crippen LogP contribution in [0.1, 0.15) is 23.1 Å². The first-order valence-electron chi connectivity index (χ1n) is 13.4. The molecule has 0 bridgehead atoms. The van der Waals surface area contributed by atoms with Crippen LogP contribution >= 0.6 is 23.4 Å². The second-order valence-electron chi connectivity index (χ2n) is 10.3. The number of anilines is 1. The molecule has 3 aliphatic rings. The number of nitrogens with zero attached hydrogens (tertiary/aromatic N) is 4. The maximum atomic E-state index is 13.5. The number of hydrogen-bond donors (Lipinski definition) is 0. The summed E-state index contributed by atoms with van der Waals surface area (Å²) in [5.74, 6) is 0.479. The van der Waals surface area contributed by atoms with Crippen molar-refractivity contribution in [1.82, 2.24) is 9.80 Å². The molecule has 1 fully saturated rings. The van der Waals surface area contributed by atoms with E-state index in [1.165, 1.54) is 28.2 Å². The molecule has 0 aliphatic carbocycles. The van der Waals surface area contributed by atoms with E-state index in [0.717, 1.165) is 49.4 Å². The van der Waals surface area contributed by atoms with Crippen LogP contribution in [-0.2, 0) is 17.8 Å². The number of rotatable bonds is 7. The molecule has 0 radical (unpaired) electrons. The molecule has 1 unspecified atom stereocenters. The number of hydrogen-bond acceptors (Lipinski definition) is 6. The molecular formula is C31H30ClFN4O2S. The lowest BCUT2D eigenvalue weighted by Gasteiger charge is -2.32. The van der Waals surface area contributed by atoms with Gasteiger partial charge in [0.1, 0.15) is 23.5 Å². The molecule has 40 heavy (non-hydrogen) atoms. The van der Waals surface area contributed by atoms with Gasteiger partial charge in [0, 0.05) is 55.0 Å². The van der Waals surface area contributed by atoms with Gasteiger partial charge in [0.05, 0.1) is 11.4 Å². The van der Waals surface area contributed by atoms with Gasteiger partial charge in [0.25, 0.3) is 0 Å². The Kier molecular flexibility index (Phi) is 7.82. The maximum Gasteiger partial charge on any atom is 0.222 e. The van der Waals surface area contributed by atoms with Crippen molar-refractivity contribution in [3.63, 3.8) is 0 Å². The number of carbonyl (C=O) groups is 1. The van der Waals surface area contributed by atoms with Crippen molar-refractivity contribution in [3.05, 3.63) is 94.4 Å². The summed E-state index contributed by atoms with van der Waals surface area (Å²) in [4.78, 5) is 24.8. The van der Waals surface area contributed by atoms with Gasteiger partial charge in [-0.3, -0.25) is 4.79 Å². The van der Waals surface area contributed by atoms with Crippen LogP contribution in [0.3, 0.4) is 0 Å². The zero-order valence-corrected chi connectivity index (χ0v) is 23.8. The zero-order chi connectivity index (χ0) is 27.6. The van der Waals surface area contributed by atoms with Crippen molar-refractivity contribution >= 4 is 46.9 Å². The monoisotopic (exact) mass is 576 g/mol. The number of amides is 1. The van der Waals surface area contributed by atoms with Crippen LogP contribution < -0.4 is 9.64 Å². The van der Waals surface area contributed by atoms with Gasteiger partial charge in [0.2, 0.25) is 5.91 Å². The number of aryl methyl sites for hydroxylation is 1. The highest BCUT2D eigenvalue weighted by Gasteiger charge is 2.34. The number of halogens is 2. The molecule has 6 nitrogen and oxygen atoms in total. The van der Waals surface area contributed by atoms with Crippen LogP contribution in [-0.4, -0.2) is 60.6 Å². The maximum absolute atomic E-state index is 13.5. The minimum atomic E-state index is -0.294. The van der Waals surface area contributed by atoms with Crippen molar-refractivity contribution < 1.29 is 13.9 Å². The largest absolute Gasteiger partial charge is 0.487 e.